The summed E-state index contributed by atoms with van der Waals surface area (Å²) in [7, 11) is 0. The lowest BCUT2D eigenvalue weighted by atomic mass is 10.4. The highest BCUT2D eigenvalue weighted by Gasteiger charge is 1.56. The second kappa shape index (κ2) is 20.5. The van der Waals surface area contributed by atoms with Gasteiger partial charge in [0.05, 0.1) is 0 Å². The molecule has 0 spiro atoms. The van der Waals surface area contributed by atoms with E-state index in [-0.39, 0.29) is 11.6 Å². The van der Waals surface area contributed by atoms with Crippen molar-refractivity contribution in [2.24, 2.45) is 0 Å². The van der Waals surface area contributed by atoms with Crippen molar-refractivity contribution in [1.29, 1.82) is 0 Å². The summed E-state index contributed by atoms with van der Waals surface area (Å²) in [6.45, 7) is 4.36. The van der Waals surface area contributed by atoms with Gasteiger partial charge in [0.25, 0.3) is 0 Å². The molecule has 0 amide bonds. The average Bonchev–Trinajstić information content (AvgIpc) is 1.37. The molecular weight excluding hydrogens is 78.0 g/mol. The highest BCUT2D eigenvalue weighted by atomic mass is 16.0. The van der Waals surface area contributed by atoms with Crippen molar-refractivity contribution in [3.8, 4) is 0 Å². The lowest BCUT2D eigenvalue weighted by molar-refractivity contribution is 0.824. The quantitative estimate of drug-likeness (QED) is 0.535. The van der Waals surface area contributed by atoms with Crippen LogP contribution in [0.2, 0.25) is 0 Å². The summed E-state index contributed by atoms with van der Waals surface area (Å²) in [4.78, 5) is 0. The highest BCUT2D eigenvalue weighted by molar-refractivity contribution is 4.12. The first-order valence-corrected chi connectivity index (χ1v) is 1.91. The fourth-order valence-electron chi connectivity index (χ4n) is 0. The molecule has 0 unspecified atom stereocenters. The molecule has 0 atom stereocenters. The summed E-state index contributed by atoms with van der Waals surface area (Å²) in [6, 6.07) is 0. The van der Waals surface area contributed by atoms with Crippen molar-refractivity contribution in [3.63, 3.8) is 0 Å². The van der Waals surface area contributed by atoms with Crippen LogP contribution in [-0.2, 0) is 0 Å². The van der Waals surface area contributed by atoms with E-state index in [4.69, 9.17) is 0 Å². The topological polar surface area (TPSA) is 65.0 Å². The zero-order valence-electron chi connectivity index (χ0n) is 4.57. The molecule has 0 radical (unpaired) electrons. The van der Waals surface area contributed by atoms with Gasteiger partial charge < -0.3 is 11.6 Å². The molecule has 42 valence electrons. The van der Waals surface area contributed by atoms with Gasteiger partial charge in [-0.25, -0.2) is 0 Å². The molecule has 2 nitrogen and oxygen atoms in total. The number of hydrogen-bond acceptors (Lipinski definition) is 2. The Morgan fingerprint density at radius 1 is 1.00 bits per heavy atom. The van der Waals surface area contributed by atoms with Crippen molar-refractivity contribution >= 4 is 0 Å². The van der Waals surface area contributed by atoms with Crippen LogP contribution < -0.4 is 6.15 Å². The first-order valence-electron chi connectivity index (χ1n) is 1.91. The Morgan fingerprint density at radius 3 is 1.17 bits per heavy atom. The lowest BCUT2D eigenvalue weighted by Crippen LogP contribution is -1.47. The minimum Gasteiger partial charge on any atom is -0.870 e. The molecule has 0 bridgehead atoms. The van der Waals surface area contributed by atoms with Crippen LogP contribution in [0.3, 0.4) is 0 Å². The summed E-state index contributed by atoms with van der Waals surface area (Å²) in [5.41, 5.74) is 0. The molecule has 0 heterocycles. The minimum atomic E-state index is 0. The maximum absolute atomic E-state index is 2.18. The molecule has 2 heteroatoms. The van der Waals surface area contributed by atoms with Crippen LogP contribution in [-0.4, -0.2) is 5.48 Å². The Labute approximate surface area is 39.5 Å². The molecular formula is C4H14NO-. The van der Waals surface area contributed by atoms with Gasteiger partial charge in [-0.1, -0.05) is 26.7 Å². The summed E-state index contributed by atoms with van der Waals surface area (Å²) < 4.78 is 0. The summed E-state index contributed by atoms with van der Waals surface area (Å²) >= 11 is 0. The fraction of sp³-hybridized carbons (Fsp3) is 1.00. The Hall–Kier alpha value is -0.0800. The monoisotopic (exact) mass is 92.1 g/mol. The predicted octanol–water partition coefficient (Wildman–Crippen LogP) is 1.79. The van der Waals surface area contributed by atoms with E-state index in [1.54, 1.807) is 0 Å². The van der Waals surface area contributed by atoms with Crippen LogP contribution in [0.5, 0.6) is 0 Å². The van der Waals surface area contributed by atoms with Gasteiger partial charge in [0.1, 0.15) is 0 Å². The molecule has 0 aliphatic carbocycles. The van der Waals surface area contributed by atoms with E-state index in [0.29, 0.717) is 0 Å². The van der Waals surface area contributed by atoms with Crippen molar-refractivity contribution in [1.82, 2.24) is 6.15 Å². The smallest absolute Gasteiger partial charge is 0.0564 e. The zero-order chi connectivity index (χ0) is 3.41. The number of rotatable bonds is 1. The van der Waals surface area contributed by atoms with Gasteiger partial charge in [-0.3, -0.25) is 0 Å². The standard InChI is InChI=1S/C4H10.H3N.H2O/c1-3-4-2;;/h3-4H2,1-2H3;1H3;1H2/p-1. The molecule has 0 aromatic rings. The maximum Gasteiger partial charge on any atom is -0.0564 e. The Morgan fingerprint density at radius 2 is 1.17 bits per heavy atom. The Kier molecular flexibility index (Phi) is 57.4. The third kappa shape index (κ3) is 39.5. The second-order valence-electron chi connectivity index (χ2n) is 1.000. The van der Waals surface area contributed by atoms with Crippen LogP contribution in [0.4, 0.5) is 0 Å². The molecule has 0 aromatic heterocycles. The van der Waals surface area contributed by atoms with E-state index < -0.39 is 0 Å². The van der Waals surface area contributed by atoms with Crippen molar-refractivity contribution < 1.29 is 5.48 Å². The predicted molar refractivity (Wildman–Crippen MR) is 27.5 cm³/mol. The minimum absolute atomic E-state index is 0. The van der Waals surface area contributed by atoms with Crippen LogP contribution in [0.1, 0.15) is 26.7 Å². The van der Waals surface area contributed by atoms with Gasteiger partial charge in [-0.2, -0.15) is 0 Å². The molecule has 0 aliphatic heterocycles. The van der Waals surface area contributed by atoms with Gasteiger partial charge >= 0.3 is 0 Å². The van der Waals surface area contributed by atoms with Crippen LogP contribution in [0.25, 0.3) is 0 Å². The maximum atomic E-state index is 2.18. The molecule has 0 aliphatic rings. The third-order valence-corrected chi connectivity index (χ3v) is 0.500. The van der Waals surface area contributed by atoms with Crippen molar-refractivity contribution in [3.05, 3.63) is 0 Å². The molecule has 0 rings (SSSR count). The fourth-order valence-corrected chi connectivity index (χ4v) is 0. The van der Waals surface area contributed by atoms with Gasteiger partial charge in [0.2, 0.25) is 0 Å². The Bertz CT molecular complexity index is 9.51. The SMILES string of the molecule is CCCC.N.[OH-]. The first-order chi connectivity index (χ1) is 1.91. The second-order valence-corrected chi connectivity index (χ2v) is 1.000. The van der Waals surface area contributed by atoms with E-state index in [1.165, 1.54) is 12.8 Å². The van der Waals surface area contributed by atoms with Crippen molar-refractivity contribution in [2.45, 2.75) is 26.7 Å². The first kappa shape index (κ1) is 16.8. The number of hydrogen-bond donors (Lipinski definition) is 1. The lowest BCUT2D eigenvalue weighted by Gasteiger charge is -1.68. The van der Waals surface area contributed by atoms with Crippen LogP contribution in [0.15, 0.2) is 0 Å². The Balaban J connectivity index is -0.0000000450. The highest BCUT2D eigenvalue weighted by Crippen LogP contribution is 1.76. The number of unbranched alkanes of at least 4 members (excludes halogenated alkanes) is 1. The molecule has 4 N–H and O–H groups in total. The molecule has 6 heavy (non-hydrogen) atoms. The largest absolute Gasteiger partial charge is 0.870 e. The van der Waals surface area contributed by atoms with Gasteiger partial charge in [-0.15, -0.1) is 0 Å². The van der Waals surface area contributed by atoms with Crippen LogP contribution in [0, 0.1) is 0 Å². The van der Waals surface area contributed by atoms with E-state index >= 15 is 0 Å². The van der Waals surface area contributed by atoms with Crippen molar-refractivity contribution in [2.75, 3.05) is 0 Å². The molecule has 0 aromatic carbocycles. The zero-order valence-corrected chi connectivity index (χ0v) is 4.57. The van der Waals surface area contributed by atoms with E-state index in [2.05, 4.69) is 13.8 Å². The average molecular weight is 92.2 g/mol. The van der Waals surface area contributed by atoms with E-state index in [9.17, 15) is 0 Å². The summed E-state index contributed by atoms with van der Waals surface area (Å²) in [5, 5.41) is 0. The summed E-state index contributed by atoms with van der Waals surface area (Å²) in [6.07, 6.45) is 2.64. The summed E-state index contributed by atoms with van der Waals surface area (Å²) in [5.74, 6) is 0. The molecule has 0 saturated carbocycles. The van der Waals surface area contributed by atoms with Crippen LogP contribution >= 0.6 is 0 Å². The van der Waals surface area contributed by atoms with E-state index in [1.807, 2.05) is 0 Å². The normalized spacial score (nSPS) is 5.00. The van der Waals surface area contributed by atoms with Gasteiger partial charge in [-0.05, 0) is 0 Å². The molecule has 0 fully saturated rings. The molecule has 0 saturated heterocycles. The van der Waals surface area contributed by atoms with Gasteiger partial charge in [0, 0.05) is 0 Å². The van der Waals surface area contributed by atoms with Gasteiger partial charge in [0.15, 0.2) is 0 Å². The third-order valence-electron chi connectivity index (χ3n) is 0.500. The van der Waals surface area contributed by atoms with E-state index in [0.717, 1.165) is 0 Å².